The zero-order valence-corrected chi connectivity index (χ0v) is 18.0. The van der Waals surface area contributed by atoms with Crippen molar-refractivity contribution in [2.45, 2.75) is 19.9 Å². The Morgan fingerprint density at radius 3 is 2.58 bits per heavy atom. The third-order valence-electron chi connectivity index (χ3n) is 4.46. The minimum Gasteiger partial charge on any atom is -0.508 e. The van der Waals surface area contributed by atoms with Gasteiger partial charge >= 0.3 is 0 Å². The first-order chi connectivity index (χ1) is 14.7. The van der Waals surface area contributed by atoms with Gasteiger partial charge in [0.05, 0.1) is 26.6 Å². The number of carboxylic acids is 1. The zero-order chi connectivity index (χ0) is 22.7. The number of hydrogen-bond acceptors (Lipinski definition) is 5. The molecule has 0 spiro atoms. The second-order valence-electron chi connectivity index (χ2n) is 6.80. The van der Waals surface area contributed by atoms with E-state index in [1.807, 2.05) is 10.8 Å². The number of H-pyrrole nitrogens is 1. The Kier molecular flexibility index (Phi) is 6.84. The zero-order valence-electron chi connectivity index (χ0n) is 16.5. The van der Waals surface area contributed by atoms with Crippen molar-refractivity contribution in [3.8, 4) is 17.0 Å². The van der Waals surface area contributed by atoms with Gasteiger partial charge in [-0.1, -0.05) is 23.2 Å². The van der Waals surface area contributed by atoms with E-state index in [2.05, 4.69) is 9.97 Å². The third-order valence-corrected chi connectivity index (χ3v) is 5.18. The van der Waals surface area contributed by atoms with Crippen molar-refractivity contribution < 1.29 is 15.0 Å². The van der Waals surface area contributed by atoms with Crippen LogP contribution in [0.2, 0.25) is 10.0 Å². The van der Waals surface area contributed by atoms with Gasteiger partial charge in [-0.05, 0) is 37.2 Å². The molecule has 0 aliphatic carbocycles. The summed E-state index contributed by atoms with van der Waals surface area (Å²) < 4.78 is 1.97. The molecule has 2 aromatic heterocycles. The number of carbonyl (C=O) groups is 1. The summed E-state index contributed by atoms with van der Waals surface area (Å²) in [7, 11) is 0. The summed E-state index contributed by atoms with van der Waals surface area (Å²) in [5.41, 5.74) is 8.13. The Hall–Kier alpha value is -3.07. The van der Waals surface area contributed by atoms with Crippen LogP contribution in [0.15, 0.2) is 41.3 Å². The van der Waals surface area contributed by atoms with Crippen molar-refractivity contribution in [2.75, 3.05) is 6.54 Å². The molecule has 31 heavy (non-hydrogen) atoms. The Bertz CT molecular complexity index is 1330. The number of phenols is 1. The molecule has 0 radical (unpaired) electrons. The number of nitrogens with zero attached hydrogens (tertiary/aromatic N) is 2. The van der Waals surface area contributed by atoms with Crippen LogP contribution < -0.4 is 11.3 Å². The van der Waals surface area contributed by atoms with Crippen LogP contribution in [0.1, 0.15) is 13.3 Å². The normalized spacial score (nSPS) is 10.8. The van der Waals surface area contributed by atoms with Gasteiger partial charge in [0, 0.05) is 36.7 Å². The second kappa shape index (κ2) is 9.38. The van der Waals surface area contributed by atoms with Crippen LogP contribution in [0.25, 0.3) is 33.2 Å². The highest BCUT2D eigenvalue weighted by Crippen LogP contribution is 2.32. The maximum Gasteiger partial charge on any atom is 0.300 e. The van der Waals surface area contributed by atoms with Crippen LogP contribution >= 0.6 is 23.2 Å². The lowest BCUT2D eigenvalue weighted by Crippen LogP contribution is -2.11. The monoisotopic (exact) mass is 462 g/mol. The molecular weight excluding hydrogens is 443 g/mol. The number of aliphatic carboxylic acids is 1. The van der Waals surface area contributed by atoms with E-state index in [4.69, 9.17) is 38.8 Å². The van der Waals surface area contributed by atoms with E-state index in [1.54, 1.807) is 30.3 Å². The summed E-state index contributed by atoms with van der Waals surface area (Å²) in [5, 5.41) is 18.8. The molecule has 5 N–H and O–H groups in total. The lowest BCUT2D eigenvalue weighted by atomic mass is 10.1. The Morgan fingerprint density at radius 1 is 1.23 bits per heavy atom. The Balaban J connectivity index is 0.000000628. The van der Waals surface area contributed by atoms with E-state index < -0.39 is 5.97 Å². The average Bonchev–Trinajstić information content (AvgIpc) is 3.04. The highest BCUT2D eigenvalue weighted by Gasteiger charge is 2.16. The SMILES string of the molecule is CC(=O)O.NCCCn1cc(-c2nc3cc(Cl)c(Cl)cc3[nH]c2=O)c2ccc(O)cc21. The number of aromatic amines is 1. The van der Waals surface area contributed by atoms with E-state index in [1.165, 1.54) is 0 Å². The number of halogens is 2. The quantitative estimate of drug-likeness (QED) is 0.362. The topological polar surface area (TPSA) is 134 Å². The van der Waals surface area contributed by atoms with Gasteiger partial charge in [0.15, 0.2) is 0 Å². The Morgan fingerprint density at radius 2 is 1.90 bits per heavy atom. The van der Waals surface area contributed by atoms with Gasteiger partial charge in [-0.3, -0.25) is 9.59 Å². The molecule has 2 heterocycles. The number of rotatable bonds is 4. The predicted octanol–water partition coefficient (Wildman–Crippen LogP) is 4.00. The number of aromatic hydroxyl groups is 1. The van der Waals surface area contributed by atoms with E-state index in [0.717, 1.165) is 24.2 Å². The van der Waals surface area contributed by atoms with E-state index in [9.17, 15) is 9.90 Å². The number of aromatic nitrogens is 3. The second-order valence-corrected chi connectivity index (χ2v) is 7.61. The van der Waals surface area contributed by atoms with Crippen LogP contribution in [0.3, 0.4) is 0 Å². The van der Waals surface area contributed by atoms with Crippen molar-refractivity contribution in [1.29, 1.82) is 0 Å². The van der Waals surface area contributed by atoms with Crippen LogP contribution in [0.5, 0.6) is 5.75 Å². The predicted molar refractivity (Wildman–Crippen MR) is 122 cm³/mol. The third kappa shape index (κ3) is 4.99. The van der Waals surface area contributed by atoms with Crippen molar-refractivity contribution >= 4 is 51.1 Å². The van der Waals surface area contributed by atoms with Gasteiger partial charge in [0.1, 0.15) is 11.4 Å². The molecule has 0 fully saturated rings. The molecule has 8 nitrogen and oxygen atoms in total. The molecular formula is C21H20Cl2N4O4. The number of carboxylic acid groups (broad SMARTS) is 1. The maximum atomic E-state index is 12.7. The van der Waals surface area contributed by atoms with Gasteiger partial charge in [0.25, 0.3) is 11.5 Å². The van der Waals surface area contributed by atoms with E-state index in [-0.39, 0.29) is 17.0 Å². The fourth-order valence-corrected chi connectivity index (χ4v) is 3.50. The van der Waals surface area contributed by atoms with Gasteiger partial charge in [-0.15, -0.1) is 0 Å². The van der Waals surface area contributed by atoms with E-state index in [0.29, 0.717) is 39.7 Å². The summed E-state index contributed by atoms with van der Waals surface area (Å²) in [5.74, 6) is -0.678. The summed E-state index contributed by atoms with van der Waals surface area (Å²) in [6.07, 6.45) is 2.63. The van der Waals surface area contributed by atoms with Crippen molar-refractivity contribution in [1.82, 2.24) is 14.5 Å². The minimum absolute atomic E-state index is 0.156. The maximum absolute atomic E-state index is 12.7. The number of fused-ring (bicyclic) bond motifs is 2. The van der Waals surface area contributed by atoms with Gasteiger partial charge in [0.2, 0.25) is 0 Å². The number of phenolic OH excluding ortho intramolecular Hbond substituents is 1. The van der Waals surface area contributed by atoms with Crippen LogP contribution in [-0.2, 0) is 11.3 Å². The molecule has 0 saturated carbocycles. The van der Waals surface area contributed by atoms with E-state index >= 15 is 0 Å². The first-order valence-electron chi connectivity index (χ1n) is 9.32. The van der Waals surface area contributed by atoms with Crippen molar-refractivity contribution in [3.63, 3.8) is 0 Å². The molecule has 162 valence electrons. The number of aryl methyl sites for hydroxylation is 1. The molecule has 0 aliphatic heterocycles. The number of nitrogens with one attached hydrogen (secondary N) is 1. The lowest BCUT2D eigenvalue weighted by Gasteiger charge is -2.04. The smallest absolute Gasteiger partial charge is 0.300 e. The first-order valence-corrected chi connectivity index (χ1v) is 10.1. The molecule has 0 unspecified atom stereocenters. The van der Waals surface area contributed by atoms with Crippen molar-refractivity contribution in [3.05, 3.63) is 56.9 Å². The van der Waals surface area contributed by atoms with Gasteiger partial charge < -0.3 is 25.5 Å². The van der Waals surface area contributed by atoms with Crippen LogP contribution in [0, 0.1) is 0 Å². The molecule has 0 amide bonds. The van der Waals surface area contributed by atoms with Gasteiger partial charge in [-0.2, -0.15) is 0 Å². The van der Waals surface area contributed by atoms with Crippen LogP contribution in [-0.4, -0.2) is 37.3 Å². The summed E-state index contributed by atoms with van der Waals surface area (Å²) in [6, 6.07) is 8.24. The molecule has 0 aliphatic rings. The Labute approximate surface area is 186 Å². The summed E-state index contributed by atoms with van der Waals surface area (Å²) in [6.45, 7) is 2.30. The minimum atomic E-state index is -0.833. The van der Waals surface area contributed by atoms with Crippen LogP contribution in [0.4, 0.5) is 0 Å². The molecule has 4 rings (SSSR count). The molecule has 0 bridgehead atoms. The fourth-order valence-electron chi connectivity index (χ4n) is 3.18. The lowest BCUT2D eigenvalue weighted by molar-refractivity contribution is -0.134. The molecule has 10 heteroatoms. The number of benzene rings is 2. The molecule has 4 aromatic rings. The number of nitrogens with two attached hydrogens (primary N) is 1. The fraction of sp³-hybridized carbons (Fsp3) is 0.190. The molecule has 0 saturated heterocycles. The van der Waals surface area contributed by atoms with Gasteiger partial charge in [-0.25, -0.2) is 4.98 Å². The summed E-state index contributed by atoms with van der Waals surface area (Å²) in [4.78, 5) is 29.0. The highest BCUT2D eigenvalue weighted by molar-refractivity contribution is 6.42. The largest absolute Gasteiger partial charge is 0.508 e. The molecule has 2 aromatic carbocycles. The summed E-state index contributed by atoms with van der Waals surface area (Å²) >= 11 is 12.1. The molecule has 0 atom stereocenters. The first kappa shape index (κ1) is 22.6. The highest BCUT2D eigenvalue weighted by atomic mass is 35.5. The standard InChI is InChI=1S/C19H16Cl2N4O2.C2H4O2/c20-13-7-15-16(8-14(13)21)24-19(27)18(23-15)12-9-25(5-1-4-22)17-6-10(26)2-3-11(12)17;1-2(3)4/h2-3,6-9,26H,1,4-5,22H2,(H,24,27);1H3,(H,3,4). The number of hydrogen-bond donors (Lipinski definition) is 4. The average molecular weight is 463 g/mol. The van der Waals surface area contributed by atoms with Crippen molar-refractivity contribution in [2.24, 2.45) is 5.73 Å².